The lowest BCUT2D eigenvalue weighted by atomic mass is 10.0. The van der Waals surface area contributed by atoms with Gasteiger partial charge in [-0.05, 0) is 30.2 Å². The van der Waals surface area contributed by atoms with Crippen LogP contribution in [0, 0.1) is 5.82 Å². The van der Waals surface area contributed by atoms with E-state index in [1.165, 1.54) is 12.3 Å². The van der Waals surface area contributed by atoms with Gasteiger partial charge >= 0.3 is 0 Å². The van der Waals surface area contributed by atoms with Crippen LogP contribution in [0.15, 0.2) is 42.6 Å². The number of rotatable bonds is 4. The Balaban J connectivity index is 2.20. The molecule has 1 unspecified atom stereocenters. The highest BCUT2D eigenvalue weighted by Crippen LogP contribution is 2.22. The van der Waals surface area contributed by atoms with Gasteiger partial charge < -0.3 is 0 Å². The van der Waals surface area contributed by atoms with Crippen molar-refractivity contribution >= 4 is 11.6 Å². The van der Waals surface area contributed by atoms with Gasteiger partial charge in [0.15, 0.2) is 0 Å². The Bertz CT molecular complexity index is 516. The highest BCUT2D eigenvalue weighted by molar-refractivity contribution is 6.31. The lowest BCUT2D eigenvalue weighted by Crippen LogP contribution is -2.30. The summed E-state index contributed by atoms with van der Waals surface area (Å²) in [6.07, 6.45) is 1.76. The maximum Gasteiger partial charge on any atom is 0.141 e. The number of nitrogens with two attached hydrogens (primary N) is 1. The minimum atomic E-state index is -0.368. The summed E-state index contributed by atoms with van der Waals surface area (Å²) in [5.41, 5.74) is 4.32. The van der Waals surface area contributed by atoms with E-state index in [2.05, 4.69) is 10.4 Å². The molecule has 0 radical (unpaired) electrons. The van der Waals surface area contributed by atoms with Gasteiger partial charge in [-0.25, -0.2) is 4.39 Å². The number of hydrogen-bond acceptors (Lipinski definition) is 3. The standard InChI is InChI=1S/C13H13ClFN3/c14-11-4-2-1-3-9(11)7-13(18-16)12-6-5-10(15)8-17-12/h1-6,8,13,18H,7,16H2. The van der Waals surface area contributed by atoms with Gasteiger partial charge in [0.05, 0.1) is 17.9 Å². The van der Waals surface area contributed by atoms with Crippen LogP contribution in [-0.4, -0.2) is 4.98 Å². The molecule has 0 aliphatic carbocycles. The summed E-state index contributed by atoms with van der Waals surface area (Å²) in [5, 5.41) is 0.680. The van der Waals surface area contributed by atoms with Crippen molar-refractivity contribution < 1.29 is 4.39 Å². The zero-order chi connectivity index (χ0) is 13.0. The summed E-state index contributed by atoms with van der Waals surface area (Å²) in [7, 11) is 0. The second-order valence-corrected chi connectivity index (χ2v) is 4.32. The lowest BCUT2D eigenvalue weighted by molar-refractivity contribution is 0.533. The smallest absolute Gasteiger partial charge is 0.141 e. The summed E-state index contributed by atoms with van der Waals surface area (Å²) in [5.74, 6) is 5.15. The van der Waals surface area contributed by atoms with Crippen LogP contribution in [0.4, 0.5) is 4.39 Å². The van der Waals surface area contributed by atoms with Crippen molar-refractivity contribution in [2.75, 3.05) is 0 Å². The maximum absolute atomic E-state index is 12.8. The van der Waals surface area contributed by atoms with E-state index >= 15 is 0 Å². The first-order valence-electron chi connectivity index (χ1n) is 5.51. The topological polar surface area (TPSA) is 50.9 Å². The molecule has 5 heteroatoms. The highest BCUT2D eigenvalue weighted by Gasteiger charge is 2.13. The molecule has 2 aromatic rings. The molecule has 0 amide bonds. The zero-order valence-corrected chi connectivity index (χ0v) is 10.4. The second kappa shape index (κ2) is 5.91. The fourth-order valence-corrected chi connectivity index (χ4v) is 1.94. The minimum Gasteiger partial charge on any atom is -0.271 e. The van der Waals surface area contributed by atoms with Crippen molar-refractivity contribution in [3.63, 3.8) is 0 Å². The molecule has 2 rings (SSSR count). The number of aromatic nitrogens is 1. The predicted molar refractivity (Wildman–Crippen MR) is 69.4 cm³/mol. The molecular weight excluding hydrogens is 253 g/mol. The third kappa shape index (κ3) is 3.04. The zero-order valence-electron chi connectivity index (χ0n) is 9.61. The largest absolute Gasteiger partial charge is 0.271 e. The van der Waals surface area contributed by atoms with Crippen LogP contribution >= 0.6 is 11.6 Å². The van der Waals surface area contributed by atoms with E-state index in [0.29, 0.717) is 17.1 Å². The first kappa shape index (κ1) is 13.0. The van der Waals surface area contributed by atoms with Gasteiger partial charge in [-0.1, -0.05) is 29.8 Å². The minimum absolute atomic E-state index is 0.203. The Morgan fingerprint density at radius 2 is 2.06 bits per heavy atom. The third-order valence-corrected chi connectivity index (χ3v) is 3.06. The first-order valence-corrected chi connectivity index (χ1v) is 5.89. The van der Waals surface area contributed by atoms with E-state index in [1.807, 2.05) is 24.3 Å². The van der Waals surface area contributed by atoms with Crippen LogP contribution in [0.1, 0.15) is 17.3 Å². The molecule has 3 nitrogen and oxygen atoms in total. The van der Waals surface area contributed by atoms with Crippen molar-refractivity contribution in [2.24, 2.45) is 5.84 Å². The second-order valence-electron chi connectivity index (χ2n) is 3.92. The van der Waals surface area contributed by atoms with Crippen LogP contribution in [0.5, 0.6) is 0 Å². The SMILES string of the molecule is NNC(Cc1ccccc1Cl)c1ccc(F)cn1. The van der Waals surface area contributed by atoms with Crippen molar-refractivity contribution in [3.05, 3.63) is 64.7 Å². The average molecular weight is 266 g/mol. The van der Waals surface area contributed by atoms with Crippen molar-refractivity contribution in [2.45, 2.75) is 12.5 Å². The molecule has 94 valence electrons. The van der Waals surface area contributed by atoms with Gasteiger partial charge in [-0.2, -0.15) is 0 Å². The van der Waals surface area contributed by atoms with E-state index in [-0.39, 0.29) is 11.9 Å². The Kier molecular flexibility index (Phi) is 4.25. The predicted octanol–water partition coefficient (Wildman–Crippen LogP) is 2.62. The fraction of sp³-hybridized carbons (Fsp3) is 0.154. The summed E-state index contributed by atoms with van der Waals surface area (Å²) >= 11 is 6.09. The Morgan fingerprint density at radius 3 is 2.67 bits per heavy atom. The quantitative estimate of drug-likeness (QED) is 0.660. The van der Waals surface area contributed by atoms with Crippen molar-refractivity contribution in [1.82, 2.24) is 10.4 Å². The number of hydrazine groups is 1. The molecular formula is C13H13ClFN3. The summed E-state index contributed by atoms with van der Waals surface area (Å²) in [4.78, 5) is 4.01. The van der Waals surface area contributed by atoms with Crippen molar-refractivity contribution in [3.8, 4) is 0 Å². The number of nitrogens with zero attached hydrogens (tertiary/aromatic N) is 1. The summed E-state index contributed by atoms with van der Waals surface area (Å²) < 4.78 is 12.8. The van der Waals surface area contributed by atoms with Crippen LogP contribution in [0.3, 0.4) is 0 Å². The van der Waals surface area contributed by atoms with Crippen LogP contribution < -0.4 is 11.3 Å². The molecule has 1 heterocycles. The normalized spacial score (nSPS) is 12.4. The van der Waals surface area contributed by atoms with Crippen LogP contribution in [-0.2, 0) is 6.42 Å². The first-order chi connectivity index (χ1) is 8.70. The Morgan fingerprint density at radius 1 is 1.28 bits per heavy atom. The van der Waals surface area contributed by atoms with Crippen LogP contribution in [0.2, 0.25) is 5.02 Å². The van der Waals surface area contributed by atoms with Crippen molar-refractivity contribution in [1.29, 1.82) is 0 Å². The number of halogens is 2. The number of hydrogen-bond donors (Lipinski definition) is 2. The molecule has 0 fully saturated rings. The summed E-state index contributed by atoms with van der Waals surface area (Å²) in [6.45, 7) is 0. The maximum atomic E-state index is 12.8. The average Bonchev–Trinajstić information content (AvgIpc) is 2.39. The Hall–Kier alpha value is -1.49. The van der Waals surface area contributed by atoms with Gasteiger partial charge in [0, 0.05) is 5.02 Å². The van der Waals surface area contributed by atoms with E-state index in [1.54, 1.807) is 6.07 Å². The van der Waals surface area contributed by atoms with E-state index in [9.17, 15) is 4.39 Å². The molecule has 0 aliphatic rings. The van der Waals surface area contributed by atoms with E-state index < -0.39 is 0 Å². The number of nitrogens with one attached hydrogen (secondary N) is 1. The highest BCUT2D eigenvalue weighted by atomic mass is 35.5. The van der Waals surface area contributed by atoms with Gasteiger partial charge in [0.25, 0.3) is 0 Å². The van der Waals surface area contributed by atoms with Gasteiger partial charge in [0.2, 0.25) is 0 Å². The molecule has 0 saturated heterocycles. The molecule has 1 atom stereocenters. The monoisotopic (exact) mass is 265 g/mol. The molecule has 0 spiro atoms. The van der Waals surface area contributed by atoms with Gasteiger partial charge in [-0.15, -0.1) is 0 Å². The molecule has 3 N–H and O–H groups in total. The molecule has 1 aromatic heterocycles. The van der Waals surface area contributed by atoms with E-state index in [4.69, 9.17) is 17.4 Å². The van der Waals surface area contributed by atoms with Crippen LogP contribution in [0.25, 0.3) is 0 Å². The summed E-state index contributed by atoms with van der Waals surface area (Å²) in [6, 6.07) is 10.3. The number of pyridine rings is 1. The van der Waals surface area contributed by atoms with Gasteiger partial charge in [0.1, 0.15) is 5.82 Å². The molecule has 0 bridgehead atoms. The molecule has 0 saturated carbocycles. The molecule has 18 heavy (non-hydrogen) atoms. The lowest BCUT2D eigenvalue weighted by Gasteiger charge is -2.16. The molecule has 0 aliphatic heterocycles. The Labute approximate surface area is 110 Å². The van der Waals surface area contributed by atoms with Gasteiger partial charge in [-0.3, -0.25) is 16.3 Å². The third-order valence-electron chi connectivity index (χ3n) is 2.69. The fourth-order valence-electron chi connectivity index (χ4n) is 1.73. The number of benzene rings is 1. The van der Waals surface area contributed by atoms with E-state index in [0.717, 1.165) is 5.56 Å². The molecule has 1 aromatic carbocycles.